The van der Waals surface area contributed by atoms with Gasteiger partial charge in [0.2, 0.25) is 0 Å². The molecule has 1 N–H and O–H groups in total. The Labute approximate surface area is 107 Å². The largest absolute Gasteiger partial charge is 0.493 e. The second-order valence-corrected chi connectivity index (χ2v) is 3.78. The van der Waals surface area contributed by atoms with Gasteiger partial charge in [0.25, 0.3) is 0 Å². The maximum absolute atomic E-state index is 5.47. The Morgan fingerprint density at radius 1 is 1.22 bits per heavy atom. The Morgan fingerprint density at radius 2 is 2.11 bits per heavy atom. The predicted molar refractivity (Wildman–Crippen MR) is 70.2 cm³/mol. The second-order valence-electron chi connectivity index (χ2n) is 3.78. The zero-order valence-corrected chi connectivity index (χ0v) is 10.6. The fourth-order valence-corrected chi connectivity index (χ4v) is 1.65. The highest BCUT2D eigenvalue weighted by atomic mass is 16.5. The molecule has 0 radical (unpaired) electrons. The van der Waals surface area contributed by atoms with E-state index in [0.29, 0.717) is 13.2 Å². The van der Waals surface area contributed by atoms with E-state index in [1.165, 1.54) is 0 Å². The Balaban J connectivity index is 2.05. The molecule has 0 aliphatic heterocycles. The van der Waals surface area contributed by atoms with E-state index in [0.717, 1.165) is 22.7 Å². The quantitative estimate of drug-likeness (QED) is 0.850. The smallest absolute Gasteiger partial charge is 0.162 e. The average molecular weight is 247 g/mol. The van der Waals surface area contributed by atoms with E-state index in [1.807, 2.05) is 31.2 Å². The third-order valence-electron chi connectivity index (χ3n) is 2.54. The van der Waals surface area contributed by atoms with E-state index in [4.69, 9.17) is 13.9 Å². The number of hydrogen-bond acceptors (Lipinski definition) is 4. The first-order chi connectivity index (χ1) is 8.83. The summed E-state index contributed by atoms with van der Waals surface area (Å²) in [5.74, 6) is 1.49. The average Bonchev–Trinajstić information content (AvgIpc) is 2.91. The van der Waals surface area contributed by atoms with Gasteiger partial charge in [0.1, 0.15) is 0 Å². The maximum atomic E-state index is 5.47. The molecule has 0 saturated heterocycles. The van der Waals surface area contributed by atoms with Gasteiger partial charge in [-0.1, -0.05) is 0 Å². The molecule has 4 heteroatoms. The van der Waals surface area contributed by atoms with E-state index in [2.05, 4.69) is 5.32 Å². The van der Waals surface area contributed by atoms with Crippen molar-refractivity contribution in [2.24, 2.45) is 0 Å². The van der Waals surface area contributed by atoms with Crippen molar-refractivity contribution in [3.63, 3.8) is 0 Å². The molecule has 0 aliphatic rings. The van der Waals surface area contributed by atoms with Crippen molar-refractivity contribution in [3.05, 3.63) is 42.4 Å². The Hall–Kier alpha value is -2.10. The molecule has 1 aromatic carbocycles. The van der Waals surface area contributed by atoms with Crippen LogP contribution in [0, 0.1) is 0 Å². The van der Waals surface area contributed by atoms with Crippen molar-refractivity contribution < 1.29 is 13.9 Å². The molecule has 2 aromatic rings. The van der Waals surface area contributed by atoms with E-state index < -0.39 is 0 Å². The molecule has 0 spiro atoms. The number of furan rings is 1. The topological polar surface area (TPSA) is 43.6 Å². The lowest BCUT2D eigenvalue weighted by Crippen LogP contribution is -2.00. The van der Waals surface area contributed by atoms with Crippen LogP contribution in [-0.2, 0) is 6.54 Å². The molecule has 0 unspecified atom stereocenters. The van der Waals surface area contributed by atoms with Crippen molar-refractivity contribution in [2.75, 3.05) is 19.0 Å². The Bertz CT molecular complexity index is 480. The van der Waals surface area contributed by atoms with Gasteiger partial charge in [0.05, 0.1) is 26.2 Å². The van der Waals surface area contributed by atoms with Crippen molar-refractivity contribution in [2.45, 2.75) is 13.5 Å². The summed E-state index contributed by atoms with van der Waals surface area (Å²) in [5.41, 5.74) is 2.08. The molecule has 1 aromatic heterocycles. The first kappa shape index (κ1) is 12.4. The minimum absolute atomic E-state index is 0.623. The van der Waals surface area contributed by atoms with Gasteiger partial charge in [-0.3, -0.25) is 0 Å². The van der Waals surface area contributed by atoms with Crippen LogP contribution in [0.4, 0.5) is 5.69 Å². The number of hydrogen-bond donors (Lipinski definition) is 1. The van der Waals surface area contributed by atoms with Crippen LogP contribution in [0.3, 0.4) is 0 Å². The summed E-state index contributed by atoms with van der Waals surface area (Å²) in [6.45, 7) is 3.29. The lowest BCUT2D eigenvalue weighted by Gasteiger charge is -2.11. The Morgan fingerprint density at radius 3 is 2.78 bits per heavy atom. The first-order valence-corrected chi connectivity index (χ1v) is 5.89. The molecule has 1 heterocycles. The van der Waals surface area contributed by atoms with Gasteiger partial charge in [0, 0.05) is 23.9 Å². The van der Waals surface area contributed by atoms with Crippen LogP contribution in [0.25, 0.3) is 0 Å². The highest BCUT2D eigenvalue weighted by Gasteiger charge is 2.05. The van der Waals surface area contributed by atoms with Crippen LogP contribution in [0.15, 0.2) is 41.2 Å². The fraction of sp³-hybridized carbons (Fsp3) is 0.286. The van der Waals surface area contributed by atoms with Gasteiger partial charge in [-0.05, 0) is 25.1 Å². The molecular weight excluding hydrogens is 230 g/mol. The summed E-state index contributed by atoms with van der Waals surface area (Å²) in [6.07, 6.45) is 3.38. The van der Waals surface area contributed by atoms with Crippen molar-refractivity contribution >= 4 is 5.69 Å². The van der Waals surface area contributed by atoms with Crippen LogP contribution in [0.2, 0.25) is 0 Å². The number of methoxy groups -OCH3 is 1. The third kappa shape index (κ3) is 2.97. The number of anilines is 1. The normalized spacial score (nSPS) is 10.1. The van der Waals surface area contributed by atoms with Gasteiger partial charge >= 0.3 is 0 Å². The molecule has 0 fully saturated rings. The van der Waals surface area contributed by atoms with Gasteiger partial charge in [-0.15, -0.1) is 0 Å². The van der Waals surface area contributed by atoms with Gasteiger partial charge < -0.3 is 19.2 Å². The van der Waals surface area contributed by atoms with Crippen LogP contribution >= 0.6 is 0 Å². The lowest BCUT2D eigenvalue weighted by molar-refractivity contribution is 0.311. The van der Waals surface area contributed by atoms with Crippen LogP contribution in [-0.4, -0.2) is 13.7 Å². The summed E-state index contributed by atoms with van der Waals surface area (Å²) in [7, 11) is 1.64. The minimum atomic E-state index is 0.623. The zero-order valence-electron chi connectivity index (χ0n) is 10.6. The maximum Gasteiger partial charge on any atom is 0.162 e. The van der Waals surface area contributed by atoms with Crippen molar-refractivity contribution in [1.29, 1.82) is 0 Å². The molecular formula is C14H17NO3. The van der Waals surface area contributed by atoms with Crippen LogP contribution in [0.5, 0.6) is 11.5 Å². The highest BCUT2D eigenvalue weighted by Crippen LogP contribution is 2.30. The van der Waals surface area contributed by atoms with Crippen LogP contribution in [0.1, 0.15) is 12.5 Å². The minimum Gasteiger partial charge on any atom is -0.493 e. The molecule has 0 atom stereocenters. The standard InChI is InChI=1S/C14H17NO3/c1-3-18-13-5-4-12(8-14(13)16-2)15-9-11-6-7-17-10-11/h4-8,10,15H,3,9H2,1-2H3. The van der Waals surface area contributed by atoms with E-state index in [1.54, 1.807) is 19.6 Å². The molecule has 0 aliphatic carbocycles. The molecule has 2 rings (SSSR count). The monoisotopic (exact) mass is 247 g/mol. The first-order valence-electron chi connectivity index (χ1n) is 5.89. The molecule has 96 valence electrons. The predicted octanol–water partition coefficient (Wildman–Crippen LogP) is 3.30. The summed E-state index contributed by atoms with van der Waals surface area (Å²) in [4.78, 5) is 0. The van der Waals surface area contributed by atoms with Crippen molar-refractivity contribution in [1.82, 2.24) is 0 Å². The summed E-state index contributed by atoms with van der Waals surface area (Å²) >= 11 is 0. The van der Waals surface area contributed by atoms with Crippen molar-refractivity contribution in [3.8, 4) is 11.5 Å². The van der Waals surface area contributed by atoms with Gasteiger partial charge in [0.15, 0.2) is 11.5 Å². The molecule has 0 bridgehead atoms. The van der Waals surface area contributed by atoms with Gasteiger partial charge in [-0.2, -0.15) is 0 Å². The Kier molecular flexibility index (Phi) is 4.12. The van der Waals surface area contributed by atoms with E-state index in [9.17, 15) is 0 Å². The zero-order chi connectivity index (χ0) is 12.8. The molecule has 4 nitrogen and oxygen atoms in total. The second kappa shape index (κ2) is 6.00. The van der Waals surface area contributed by atoms with Gasteiger partial charge in [-0.25, -0.2) is 0 Å². The number of rotatable bonds is 6. The number of ether oxygens (including phenoxy) is 2. The summed E-state index contributed by atoms with van der Waals surface area (Å²) in [5, 5.41) is 3.30. The van der Waals surface area contributed by atoms with Crippen LogP contribution < -0.4 is 14.8 Å². The SMILES string of the molecule is CCOc1ccc(NCc2ccoc2)cc1OC. The van der Waals surface area contributed by atoms with E-state index >= 15 is 0 Å². The molecule has 18 heavy (non-hydrogen) atoms. The highest BCUT2D eigenvalue weighted by molar-refractivity contribution is 5.54. The lowest BCUT2D eigenvalue weighted by atomic mass is 10.2. The number of nitrogens with one attached hydrogen (secondary N) is 1. The van der Waals surface area contributed by atoms with E-state index in [-0.39, 0.29) is 0 Å². The summed E-state index contributed by atoms with van der Waals surface area (Å²) < 4.78 is 15.8. The number of benzene rings is 1. The summed E-state index contributed by atoms with van der Waals surface area (Å²) in [6, 6.07) is 7.72. The fourth-order valence-electron chi connectivity index (χ4n) is 1.65. The molecule has 0 amide bonds. The molecule has 0 saturated carbocycles. The third-order valence-corrected chi connectivity index (χ3v) is 2.54.